The van der Waals surface area contributed by atoms with Gasteiger partial charge in [0.25, 0.3) is 0 Å². The van der Waals surface area contributed by atoms with Gasteiger partial charge in [0.15, 0.2) is 9.84 Å². The van der Waals surface area contributed by atoms with Crippen molar-refractivity contribution in [2.45, 2.75) is 24.3 Å². The monoisotopic (exact) mass is 368 g/mol. The Bertz CT molecular complexity index is 974. The molecule has 0 radical (unpaired) electrons. The number of rotatable bonds is 6. The Morgan fingerprint density at radius 3 is 2.35 bits per heavy atom. The van der Waals surface area contributed by atoms with E-state index >= 15 is 0 Å². The predicted molar refractivity (Wildman–Crippen MR) is 101 cm³/mol. The van der Waals surface area contributed by atoms with E-state index in [1.165, 1.54) is 6.26 Å². The Balaban J connectivity index is 1.82. The van der Waals surface area contributed by atoms with E-state index in [1.54, 1.807) is 24.5 Å². The lowest BCUT2D eigenvalue weighted by Crippen LogP contribution is -2.12. The van der Waals surface area contributed by atoms with Gasteiger partial charge in [-0.15, -0.1) is 0 Å². The summed E-state index contributed by atoms with van der Waals surface area (Å²) in [5.41, 5.74) is 2.50. The van der Waals surface area contributed by atoms with Crippen LogP contribution in [-0.4, -0.2) is 29.6 Å². The molecule has 1 aromatic carbocycles. The van der Waals surface area contributed by atoms with E-state index in [4.69, 9.17) is 0 Å². The van der Waals surface area contributed by atoms with E-state index in [1.807, 2.05) is 43.3 Å². The van der Waals surface area contributed by atoms with Gasteiger partial charge in [-0.05, 0) is 42.3 Å². The fraction of sp³-hybridized carbons (Fsp3) is 0.211. The summed E-state index contributed by atoms with van der Waals surface area (Å²) in [6.07, 6.45) is 5.42. The first-order valence-corrected chi connectivity index (χ1v) is 10.2. The molecule has 0 saturated heterocycles. The molecule has 7 heteroatoms. The summed E-state index contributed by atoms with van der Waals surface area (Å²) < 4.78 is 23.2. The fourth-order valence-corrected chi connectivity index (χ4v) is 3.24. The molecule has 0 aliphatic carbocycles. The average molecular weight is 368 g/mol. The van der Waals surface area contributed by atoms with Gasteiger partial charge in [0, 0.05) is 18.6 Å². The molecule has 0 spiro atoms. The molecule has 0 aliphatic heterocycles. The van der Waals surface area contributed by atoms with Crippen LogP contribution >= 0.6 is 0 Å². The molecule has 0 fully saturated rings. The number of nitrogens with one attached hydrogen (secondary N) is 1. The Hall–Kier alpha value is -2.80. The second-order valence-corrected chi connectivity index (χ2v) is 7.94. The first kappa shape index (κ1) is 18.0. The number of anilines is 1. The number of hydrogen-bond donors (Lipinski definition) is 1. The fourth-order valence-electron chi connectivity index (χ4n) is 2.61. The zero-order chi connectivity index (χ0) is 18.6. The first-order chi connectivity index (χ1) is 12.5. The second-order valence-electron chi connectivity index (χ2n) is 5.93. The number of nitrogens with zero attached hydrogens (tertiary/aromatic N) is 3. The Labute approximate surface area is 153 Å². The molecule has 3 rings (SSSR count). The van der Waals surface area contributed by atoms with E-state index in [-0.39, 0.29) is 6.04 Å². The van der Waals surface area contributed by atoms with Crippen LogP contribution in [0.5, 0.6) is 0 Å². The molecule has 1 atom stereocenters. The Morgan fingerprint density at radius 1 is 0.962 bits per heavy atom. The molecular weight excluding hydrogens is 348 g/mol. The van der Waals surface area contributed by atoms with Crippen LogP contribution in [0.2, 0.25) is 0 Å². The van der Waals surface area contributed by atoms with Crippen LogP contribution in [0, 0.1) is 0 Å². The molecule has 0 saturated carbocycles. The highest BCUT2D eigenvalue weighted by molar-refractivity contribution is 7.90. The van der Waals surface area contributed by atoms with Crippen molar-refractivity contribution >= 4 is 15.8 Å². The van der Waals surface area contributed by atoms with Crippen LogP contribution in [-0.2, 0) is 9.84 Å². The quantitative estimate of drug-likeness (QED) is 0.717. The topological polar surface area (TPSA) is 84.8 Å². The van der Waals surface area contributed by atoms with Gasteiger partial charge in [0.1, 0.15) is 0 Å². The van der Waals surface area contributed by atoms with Crippen LogP contribution in [0.3, 0.4) is 0 Å². The van der Waals surface area contributed by atoms with E-state index in [9.17, 15) is 8.42 Å². The smallest absolute Gasteiger partial charge is 0.223 e. The van der Waals surface area contributed by atoms with Gasteiger partial charge >= 0.3 is 0 Å². The third-order valence-corrected chi connectivity index (χ3v) is 5.13. The Kier molecular flexibility index (Phi) is 5.27. The lowest BCUT2D eigenvalue weighted by atomic mass is 10.1. The Morgan fingerprint density at radius 2 is 1.73 bits per heavy atom. The van der Waals surface area contributed by atoms with E-state index in [0.29, 0.717) is 10.8 Å². The standard InChI is InChI=1S/C19H20N4O2S/c1-3-16(14-7-9-15(10-8-14)26(2,24)25)22-19-21-13-11-18(23-19)17-6-4-5-12-20-17/h4-13,16H,3H2,1-2H3,(H,21,22,23)/t16-/m1/s1. The summed E-state index contributed by atoms with van der Waals surface area (Å²) in [6, 6.07) is 14.3. The van der Waals surface area contributed by atoms with Gasteiger partial charge in [-0.2, -0.15) is 0 Å². The van der Waals surface area contributed by atoms with Gasteiger partial charge in [-0.1, -0.05) is 25.1 Å². The zero-order valence-electron chi connectivity index (χ0n) is 14.6. The molecule has 2 heterocycles. The lowest BCUT2D eigenvalue weighted by Gasteiger charge is -2.18. The SMILES string of the molecule is CC[C@@H](Nc1nccc(-c2ccccn2)n1)c1ccc(S(C)(=O)=O)cc1. The highest BCUT2D eigenvalue weighted by Crippen LogP contribution is 2.23. The van der Waals surface area contributed by atoms with Crippen molar-refractivity contribution in [1.82, 2.24) is 15.0 Å². The normalized spacial score (nSPS) is 12.5. The molecule has 0 aliphatic rings. The van der Waals surface area contributed by atoms with Crippen molar-refractivity contribution in [1.29, 1.82) is 0 Å². The predicted octanol–water partition coefficient (Wildman–Crippen LogP) is 3.51. The molecule has 2 aromatic heterocycles. The number of hydrogen-bond acceptors (Lipinski definition) is 6. The molecule has 134 valence electrons. The van der Waals surface area contributed by atoms with Crippen molar-refractivity contribution in [3.63, 3.8) is 0 Å². The third-order valence-electron chi connectivity index (χ3n) is 4.01. The number of pyridine rings is 1. The van der Waals surface area contributed by atoms with E-state index in [0.717, 1.165) is 23.4 Å². The highest BCUT2D eigenvalue weighted by Gasteiger charge is 2.13. The van der Waals surface area contributed by atoms with E-state index < -0.39 is 9.84 Å². The minimum absolute atomic E-state index is 0.0254. The second kappa shape index (κ2) is 7.61. The zero-order valence-corrected chi connectivity index (χ0v) is 15.4. The lowest BCUT2D eigenvalue weighted by molar-refractivity contribution is 0.601. The van der Waals surface area contributed by atoms with Gasteiger partial charge in [-0.3, -0.25) is 4.98 Å². The largest absolute Gasteiger partial charge is 0.347 e. The highest BCUT2D eigenvalue weighted by atomic mass is 32.2. The summed E-state index contributed by atoms with van der Waals surface area (Å²) in [4.78, 5) is 13.4. The van der Waals surface area contributed by atoms with Gasteiger partial charge < -0.3 is 5.32 Å². The molecule has 3 aromatic rings. The molecule has 6 nitrogen and oxygen atoms in total. The van der Waals surface area contributed by atoms with Crippen molar-refractivity contribution in [3.8, 4) is 11.4 Å². The maximum Gasteiger partial charge on any atom is 0.223 e. The third kappa shape index (κ3) is 4.23. The molecular formula is C19H20N4O2S. The van der Waals surface area contributed by atoms with Crippen LogP contribution in [0.4, 0.5) is 5.95 Å². The van der Waals surface area contributed by atoms with Crippen LogP contribution in [0.1, 0.15) is 24.9 Å². The summed E-state index contributed by atoms with van der Waals surface area (Å²) >= 11 is 0. The molecule has 0 bridgehead atoms. The van der Waals surface area contributed by atoms with Gasteiger partial charge in [0.2, 0.25) is 5.95 Å². The van der Waals surface area contributed by atoms with Crippen molar-refractivity contribution in [2.75, 3.05) is 11.6 Å². The number of benzene rings is 1. The van der Waals surface area contributed by atoms with Crippen molar-refractivity contribution in [2.24, 2.45) is 0 Å². The van der Waals surface area contributed by atoms with Crippen molar-refractivity contribution in [3.05, 3.63) is 66.5 Å². The summed E-state index contributed by atoms with van der Waals surface area (Å²) in [5, 5.41) is 3.31. The van der Waals surface area contributed by atoms with Crippen molar-refractivity contribution < 1.29 is 8.42 Å². The van der Waals surface area contributed by atoms with Crippen LogP contribution < -0.4 is 5.32 Å². The summed E-state index contributed by atoms with van der Waals surface area (Å²) in [7, 11) is -3.20. The first-order valence-electron chi connectivity index (χ1n) is 8.28. The van der Waals surface area contributed by atoms with Gasteiger partial charge in [-0.25, -0.2) is 18.4 Å². The molecule has 0 amide bonds. The van der Waals surface area contributed by atoms with Gasteiger partial charge in [0.05, 0.1) is 22.3 Å². The summed E-state index contributed by atoms with van der Waals surface area (Å²) in [5.74, 6) is 0.507. The maximum atomic E-state index is 11.6. The van der Waals surface area contributed by atoms with E-state index in [2.05, 4.69) is 20.3 Å². The number of aromatic nitrogens is 3. The molecule has 1 N–H and O–H groups in total. The van der Waals surface area contributed by atoms with Crippen LogP contribution in [0.15, 0.2) is 65.8 Å². The average Bonchev–Trinajstić information content (AvgIpc) is 2.66. The molecule has 26 heavy (non-hydrogen) atoms. The summed E-state index contributed by atoms with van der Waals surface area (Å²) in [6.45, 7) is 2.05. The minimum Gasteiger partial charge on any atom is -0.347 e. The maximum absolute atomic E-state index is 11.6. The van der Waals surface area contributed by atoms with Crippen LogP contribution in [0.25, 0.3) is 11.4 Å². The minimum atomic E-state index is -3.20. The number of sulfone groups is 1. The molecule has 0 unspecified atom stereocenters.